The van der Waals surface area contributed by atoms with Crippen LogP contribution in [-0.2, 0) is 13.7 Å². The molecule has 0 N–H and O–H groups in total. The van der Waals surface area contributed by atoms with E-state index >= 15 is 0 Å². The molecule has 0 aliphatic heterocycles. The molecule has 0 aliphatic rings. The third-order valence-electron chi connectivity index (χ3n) is 0. The summed E-state index contributed by atoms with van der Waals surface area (Å²) in [5.41, 5.74) is 0. The van der Waals surface area contributed by atoms with Crippen LogP contribution >= 0.6 is 28.6 Å². The van der Waals surface area contributed by atoms with E-state index in [0.29, 0.717) is 0 Å². The molecule has 0 heterocycles. The Kier molecular flexibility index (Phi) is 3.81. The SMILES string of the molecule is [Cl][Re]([Cl])[Cl]. The number of halogens is 3. The number of hydrogen-bond donors (Lipinski definition) is 0. The van der Waals surface area contributed by atoms with Crippen LogP contribution in [0.25, 0.3) is 0 Å². The molecule has 0 radical (unpaired) electrons. The molecule has 0 aliphatic carbocycles. The van der Waals surface area contributed by atoms with Crippen LogP contribution in [0.3, 0.4) is 0 Å². The molecule has 0 amide bonds. The van der Waals surface area contributed by atoms with Crippen LogP contribution in [0.4, 0.5) is 0 Å². The van der Waals surface area contributed by atoms with Crippen molar-refractivity contribution >= 4 is 28.6 Å². The second kappa shape index (κ2) is 2.75. The van der Waals surface area contributed by atoms with E-state index in [9.17, 15) is 0 Å². The van der Waals surface area contributed by atoms with Gasteiger partial charge in [-0.1, -0.05) is 0 Å². The number of hydrogen-bond acceptors (Lipinski definition) is 0. The zero-order chi connectivity index (χ0) is 3.58. The molecule has 0 aromatic carbocycles. The zero-order valence-electron chi connectivity index (χ0n) is 1.51. The maximum atomic E-state index is 4.99. The molecule has 0 rings (SSSR count). The molecule has 0 bridgehead atoms. The van der Waals surface area contributed by atoms with Crippen molar-refractivity contribution in [3.8, 4) is 0 Å². The minimum absolute atomic E-state index is 2.05. The van der Waals surface area contributed by atoms with E-state index in [1.165, 1.54) is 0 Å². The topological polar surface area (TPSA) is 0 Å². The molecular weight excluding hydrogens is 293 g/mol. The summed E-state index contributed by atoms with van der Waals surface area (Å²) < 4.78 is 0. The average Bonchev–Trinajstić information content (AvgIpc) is 0.811. The van der Waals surface area contributed by atoms with Gasteiger partial charge < -0.3 is 0 Å². The summed E-state index contributed by atoms with van der Waals surface area (Å²) in [6.07, 6.45) is 0. The van der Waals surface area contributed by atoms with E-state index in [2.05, 4.69) is 0 Å². The Balaban J connectivity index is 2.32. The molecule has 28 valence electrons. The van der Waals surface area contributed by atoms with Crippen LogP contribution in [0.1, 0.15) is 0 Å². The normalized spacial score (nSPS) is 11.2. The summed E-state index contributed by atoms with van der Waals surface area (Å²) in [7, 11) is 15.0. The van der Waals surface area contributed by atoms with Gasteiger partial charge in [-0.3, -0.25) is 0 Å². The van der Waals surface area contributed by atoms with Gasteiger partial charge in [0.25, 0.3) is 0 Å². The first-order valence-corrected chi connectivity index (χ1v) is 10.5. The van der Waals surface area contributed by atoms with Crippen molar-refractivity contribution in [1.29, 1.82) is 0 Å². The predicted octanol–water partition coefficient (Wildman–Crippen LogP) is 2.07. The standard InChI is InChI=1S/3ClH.Re/h3*1H;/q;;;+3/p-3. The van der Waals surface area contributed by atoms with Gasteiger partial charge in [-0.15, -0.1) is 0 Å². The fraction of sp³-hybridized carbons (Fsp3) is 0. The van der Waals surface area contributed by atoms with Crippen LogP contribution in [0.5, 0.6) is 0 Å². The van der Waals surface area contributed by atoms with Crippen molar-refractivity contribution in [2.75, 3.05) is 0 Å². The molecule has 0 unspecified atom stereocenters. The Hall–Kier alpha value is 1.53. The van der Waals surface area contributed by atoms with E-state index in [4.69, 9.17) is 28.6 Å². The van der Waals surface area contributed by atoms with Crippen molar-refractivity contribution in [1.82, 2.24) is 0 Å². The molecule has 0 aromatic heterocycles. The summed E-state index contributed by atoms with van der Waals surface area (Å²) in [6.45, 7) is 0. The summed E-state index contributed by atoms with van der Waals surface area (Å²) in [5, 5.41) is 0. The zero-order valence-corrected chi connectivity index (χ0v) is 6.50. The molecule has 0 spiro atoms. The van der Waals surface area contributed by atoms with E-state index in [0.717, 1.165) is 0 Å². The van der Waals surface area contributed by atoms with Crippen LogP contribution in [0.2, 0.25) is 0 Å². The van der Waals surface area contributed by atoms with Gasteiger partial charge in [-0.05, 0) is 0 Å². The van der Waals surface area contributed by atoms with Gasteiger partial charge >= 0.3 is 42.3 Å². The molecular formula is Cl3Re. The molecule has 0 fully saturated rings. The van der Waals surface area contributed by atoms with Crippen molar-refractivity contribution in [2.45, 2.75) is 0 Å². The molecule has 4 heteroatoms. The molecule has 0 saturated carbocycles. The Labute approximate surface area is 42.2 Å². The van der Waals surface area contributed by atoms with Gasteiger partial charge in [0.1, 0.15) is 0 Å². The minimum atomic E-state index is -2.05. The maximum absolute atomic E-state index is 4.99. The van der Waals surface area contributed by atoms with Gasteiger partial charge in [0.2, 0.25) is 0 Å². The summed E-state index contributed by atoms with van der Waals surface area (Å²) in [5.74, 6) is 0. The molecule has 0 nitrogen and oxygen atoms in total. The average molecular weight is 293 g/mol. The predicted molar refractivity (Wildman–Crippen MR) is 17.6 cm³/mol. The fourth-order valence-corrected chi connectivity index (χ4v) is 0. The van der Waals surface area contributed by atoms with E-state index in [1.54, 1.807) is 0 Å². The summed E-state index contributed by atoms with van der Waals surface area (Å²) in [4.78, 5) is 0. The first-order chi connectivity index (χ1) is 1.73. The molecule has 0 aromatic rings. The fourth-order valence-electron chi connectivity index (χ4n) is 0. The van der Waals surface area contributed by atoms with Crippen molar-refractivity contribution < 1.29 is 13.7 Å². The van der Waals surface area contributed by atoms with E-state index < -0.39 is 13.7 Å². The van der Waals surface area contributed by atoms with Gasteiger partial charge in [0, 0.05) is 0 Å². The second-order valence-electron chi connectivity index (χ2n) is 0.162. The molecule has 4 heavy (non-hydrogen) atoms. The third-order valence-corrected chi connectivity index (χ3v) is 0. The quantitative estimate of drug-likeness (QED) is 0.641. The Bertz CT molecular complexity index is 8.00. The summed E-state index contributed by atoms with van der Waals surface area (Å²) >= 11 is -2.05. The van der Waals surface area contributed by atoms with Gasteiger partial charge in [0.05, 0.1) is 0 Å². The first kappa shape index (κ1) is 5.53. The van der Waals surface area contributed by atoms with Gasteiger partial charge in [-0.2, -0.15) is 0 Å². The monoisotopic (exact) mass is 292 g/mol. The Morgan fingerprint density at radius 2 is 1.00 bits per heavy atom. The van der Waals surface area contributed by atoms with Crippen molar-refractivity contribution in [3.05, 3.63) is 0 Å². The number of rotatable bonds is 0. The van der Waals surface area contributed by atoms with Gasteiger partial charge in [0.15, 0.2) is 0 Å². The van der Waals surface area contributed by atoms with E-state index in [1.807, 2.05) is 0 Å². The molecule has 0 atom stereocenters. The van der Waals surface area contributed by atoms with Crippen LogP contribution in [-0.4, -0.2) is 0 Å². The van der Waals surface area contributed by atoms with E-state index in [-0.39, 0.29) is 0 Å². The second-order valence-corrected chi connectivity index (χ2v) is 11.9. The Morgan fingerprint density at radius 1 is 1.00 bits per heavy atom. The first-order valence-electron chi connectivity index (χ1n) is 0.429. The van der Waals surface area contributed by atoms with Crippen LogP contribution < -0.4 is 0 Å². The third kappa shape index (κ3) is 9.65. The van der Waals surface area contributed by atoms with Crippen LogP contribution in [0, 0.1) is 0 Å². The van der Waals surface area contributed by atoms with Crippen molar-refractivity contribution in [3.63, 3.8) is 0 Å². The van der Waals surface area contributed by atoms with Crippen LogP contribution in [0.15, 0.2) is 0 Å². The van der Waals surface area contributed by atoms with Gasteiger partial charge in [-0.25, -0.2) is 0 Å². The Morgan fingerprint density at radius 3 is 1.00 bits per heavy atom. The summed E-state index contributed by atoms with van der Waals surface area (Å²) in [6, 6.07) is 0. The van der Waals surface area contributed by atoms with Crippen molar-refractivity contribution in [2.24, 2.45) is 0 Å². The molecule has 0 saturated heterocycles.